The second kappa shape index (κ2) is 7.63. The predicted octanol–water partition coefficient (Wildman–Crippen LogP) is 2.01. The highest BCUT2D eigenvalue weighted by Crippen LogP contribution is 2.07. The number of benzene rings is 1. The minimum Gasteiger partial charge on any atom is -0.354 e. The molecule has 4 heteroatoms. The second-order valence-electron chi connectivity index (χ2n) is 3.49. The van der Waals surface area contributed by atoms with E-state index in [0.717, 1.165) is 11.3 Å². The average Bonchev–Trinajstić information content (AvgIpc) is 2.30. The largest absolute Gasteiger partial charge is 0.354 e. The van der Waals surface area contributed by atoms with Crippen molar-refractivity contribution in [1.82, 2.24) is 5.32 Å². The highest BCUT2D eigenvalue weighted by Gasteiger charge is 2.13. The number of carbonyl (C=O) groups is 1. The molecule has 1 unspecified atom stereocenters. The SMILES string of the molecule is CSCCNC(=O)C(S)Cc1ccccc1. The Balaban J connectivity index is 2.34. The van der Waals surface area contributed by atoms with Crippen molar-refractivity contribution in [3.63, 3.8) is 0 Å². The molecule has 0 heterocycles. The predicted molar refractivity (Wildman–Crippen MR) is 74.3 cm³/mol. The molecule has 2 nitrogen and oxygen atoms in total. The Bertz CT molecular complexity index is 316. The topological polar surface area (TPSA) is 29.1 Å². The first-order chi connectivity index (χ1) is 7.74. The fourth-order valence-electron chi connectivity index (χ4n) is 1.32. The van der Waals surface area contributed by atoms with Crippen LogP contribution in [0.25, 0.3) is 0 Å². The number of amides is 1. The molecule has 1 N–H and O–H groups in total. The fraction of sp³-hybridized carbons (Fsp3) is 0.417. The molecule has 0 saturated carbocycles. The molecule has 0 aliphatic heterocycles. The van der Waals surface area contributed by atoms with Crippen molar-refractivity contribution in [3.8, 4) is 0 Å². The lowest BCUT2D eigenvalue weighted by atomic mass is 10.1. The van der Waals surface area contributed by atoms with Crippen LogP contribution in [0.5, 0.6) is 0 Å². The molecule has 1 rings (SSSR count). The molecule has 0 fully saturated rings. The third-order valence-corrected chi connectivity index (χ3v) is 3.21. The van der Waals surface area contributed by atoms with Crippen LogP contribution in [-0.4, -0.2) is 29.7 Å². The van der Waals surface area contributed by atoms with Crippen LogP contribution >= 0.6 is 24.4 Å². The maximum atomic E-state index is 11.6. The molecular formula is C12H17NOS2. The zero-order valence-corrected chi connectivity index (χ0v) is 11.1. The Morgan fingerprint density at radius 3 is 2.75 bits per heavy atom. The normalized spacial score (nSPS) is 12.1. The number of rotatable bonds is 6. The maximum Gasteiger partial charge on any atom is 0.233 e. The number of thioether (sulfide) groups is 1. The third kappa shape index (κ3) is 4.94. The van der Waals surface area contributed by atoms with Crippen molar-refractivity contribution in [1.29, 1.82) is 0 Å². The quantitative estimate of drug-likeness (QED) is 0.601. The van der Waals surface area contributed by atoms with E-state index in [1.54, 1.807) is 11.8 Å². The molecule has 0 aliphatic rings. The Morgan fingerprint density at radius 1 is 1.44 bits per heavy atom. The number of carbonyl (C=O) groups excluding carboxylic acids is 1. The number of hydrogen-bond donors (Lipinski definition) is 2. The van der Waals surface area contributed by atoms with Crippen molar-refractivity contribution < 1.29 is 4.79 Å². The highest BCUT2D eigenvalue weighted by atomic mass is 32.2. The highest BCUT2D eigenvalue weighted by molar-refractivity contribution is 7.98. The summed E-state index contributed by atoms with van der Waals surface area (Å²) in [6.45, 7) is 0.714. The van der Waals surface area contributed by atoms with Crippen molar-refractivity contribution in [2.75, 3.05) is 18.6 Å². The smallest absolute Gasteiger partial charge is 0.233 e. The van der Waals surface area contributed by atoms with Crippen LogP contribution in [0.4, 0.5) is 0 Å². The monoisotopic (exact) mass is 255 g/mol. The molecule has 0 spiro atoms. The lowest BCUT2D eigenvalue weighted by Crippen LogP contribution is -2.34. The molecule has 1 aromatic rings. The van der Waals surface area contributed by atoms with E-state index in [2.05, 4.69) is 17.9 Å². The van der Waals surface area contributed by atoms with Gasteiger partial charge in [0, 0.05) is 12.3 Å². The van der Waals surface area contributed by atoms with E-state index in [4.69, 9.17) is 0 Å². The van der Waals surface area contributed by atoms with Crippen LogP contribution in [0, 0.1) is 0 Å². The summed E-state index contributed by atoms with van der Waals surface area (Å²) in [6, 6.07) is 9.94. The first kappa shape index (κ1) is 13.5. The summed E-state index contributed by atoms with van der Waals surface area (Å²) in [7, 11) is 0. The first-order valence-electron chi connectivity index (χ1n) is 5.22. The summed E-state index contributed by atoms with van der Waals surface area (Å²) in [5.74, 6) is 0.957. The lowest BCUT2D eigenvalue weighted by Gasteiger charge is -2.11. The van der Waals surface area contributed by atoms with E-state index in [0.29, 0.717) is 13.0 Å². The first-order valence-corrected chi connectivity index (χ1v) is 7.13. The minimum absolute atomic E-state index is 0.0150. The molecule has 16 heavy (non-hydrogen) atoms. The van der Waals surface area contributed by atoms with Gasteiger partial charge in [-0.25, -0.2) is 0 Å². The van der Waals surface area contributed by atoms with Gasteiger partial charge in [0.15, 0.2) is 0 Å². The van der Waals surface area contributed by atoms with Gasteiger partial charge in [-0.05, 0) is 18.2 Å². The van der Waals surface area contributed by atoms with E-state index in [9.17, 15) is 4.79 Å². The van der Waals surface area contributed by atoms with Gasteiger partial charge in [0.1, 0.15) is 0 Å². The summed E-state index contributed by atoms with van der Waals surface area (Å²) in [4.78, 5) is 11.6. The molecule has 88 valence electrons. The Hall–Kier alpha value is -0.610. The number of thiol groups is 1. The summed E-state index contributed by atoms with van der Waals surface area (Å²) in [5, 5.41) is 2.61. The fourth-order valence-corrected chi connectivity index (χ4v) is 1.93. The zero-order chi connectivity index (χ0) is 11.8. The van der Waals surface area contributed by atoms with Gasteiger partial charge in [0.25, 0.3) is 0 Å². The maximum absolute atomic E-state index is 11.6. The molecular weight excluding hydrogens is 238 g/mol. The van der Waals surface area contributed by atoms with Crippen LogP contribution in [-0.2, 0) is 11.2 Å². The molecule has 1 amide bonds. The van der Waals surface area contributed by atoms with Crippen molar-refractivity contribution >= 4 is 30.3 Å². The number of hydrogen-bond acceptors (Lipinski definition) is 3. The van der Waals surface area contributed by atoms with Gasteiger partial charge >= 0.3 is 0 Å². The number of nitrogens with one attached hydrogen (secondary N) is 1. The zero-order valence-electron chi connectivity index (χ0n) is 9.35. The van der Waals surface area contributed by atoms with Gasteiger partial charge < -0.3 is 5.32 Å². The summed E-state index contributed by atoms with van der Waals surface area (Å²) >= 11 is 6.04. The Kier molecular flexibility index (Phi) is 6.42. The Labute approximate surface area is 107 Å². The molecule has 0 saturated heterocycles. The van der Waals surface area contributed by atoms with Crippen LogP contribution in [0.3, 0.4) is 0 Å². The van der Waals surface area contributed by atoms with Crippen LogP contribution in [0.15, 0.2) is 30.3 Å². The van der Waals surface area contributed by atoms with Crippen LogP contribution < -0.4 is 5.32 Å². The van der Waals surface area contributed by atoms with Crippen molar-refractivity contribution in [3.05, 3.63) is 35.9 Å². The van der Waals surface area contributed by atoms with E-state index < -0.39 is 0 Å². The van der Waals surface area contributed by atoms with Gasteiger partial charge in [-0.15, -0.1) is 0 Å². The molecule has 0 radical (unpaired) electrons. The van der Waals surface area contributed by atoms with E-state index >= 15 is 0 Å². The van der Waals surface area contributed by atoms with E-state index in [1.807, 2.05) is 36.6 Å². The molecule has 1 atom stereocenters. The van der Waals surface area contributed by atoms with Gasteiger partial charge in [-0.3, -0.25) is 4.79 Å². The van der Waals surface area contributed by atoms with Crippen molar-refractivity contribution in [2.45, 2.75) is 11.7 Å². The van der Waals surface area contributed by atoms with Crippen LogP contribution in [0.1, 0.15) is 5.56 Å². The lowest BCUT2D eigenvalue weighted by molar-refractivity contribution is -0.120. The molecule has 1 aromatic carbocycles. The minimum atomic E-state index is -0.260. The standard InChI is InChI=1S/C12H17NOS2/c1-16-8-7-13-12(14)11(15)9-10-5-3-2-4-6-10/h2-6,11,15H,7-9H2,1H3,(H,13,14). The average molecular weight is 255 g/mol. The van der Waals surface area contributed by atoms with Gasteiger partial charge in [0.05, 0.1) is 5.25 Å². The van der Waals surface area contributed by atoms with Crippen LogP contribution in [0.2, 0.25) is 0 Å². The van der Waals surface area contributed by atoms with E-state index in [1.165, 1.54) is 0 Å². The second-order valence-corrected chi connectivity index (χ2v) is 5.10. The molecule has 0 aliphatic carbocycles. The van der Waals surface area contributed by atoms with Crippen molar-refractivity contribution in [2.24, 2.45) is 0 Å². The third-order valence-electron chi connectivity index (χ3n) is 2.18. The van der Waals surface area contributed by atoms with Gasteiger partial charge in [-0.1, -0.05) is 30.3 Å². The Morgan fingerprint density at radius 2 is 2.12 bits per heavy atom. The van der Waals surface area contributed by atoms with E-state index in [-0.39, 0.29) is 11.2 Å². The summed E-state index contributed by atoms with van der Waals surface area (Å²) in [6.07, 6.45) is 2.70. The molecule has 0 bridgehead atoms. The summed E-state index contributed by atoms with van der Waals surface area (Å²) in [5.41, 5.74) is 1.14. The van der Waals surface area contributed by atoms with Gasteiger partial charge in [0.2, 0.25) is 5.91 Å². The molecule has 0 aromatic heterocycles. The summed E-state index contributed by atoms with van der Waals surface area (Å²) < 4.78 is 0. The van der Waals surface area contributed by atoms with Gasteiger partial charge in [-0.2, -0.15) is 24.4 Å².